The summed E-state index contributed by atoms with van der Waals surface area (Å²) in [4.78, 5) is 10.4. The van der Waals surface area contributed by atoms with E-state index in [0.717, 1.165) is 24.1 Å². The molecule has 4 heteroatoms. The first-order valence-corrected chi connectivity index (χ1v) is 6.02. The predicted molar refractivity (Wildman–Crippen MR) is 73.4 cm³/mol. The van der Waals surface area contributed by atoms with Gasteiger partial charge in [-0.2, -0.15) is 5.26 Å². The van der Waals surface area contributed by atoms with E-state index in [1.54, 1.807) is 18.2 Å². The summed E-state index contributed by atoms with van der Waals surface area (Å²) < 4.78 is 0. The van der Waals surface area contributed by atoms with Gasteiger partial charge in [0, 0.05) is 17.8 Å². The van der Waals surface area contributed by atoms with Crippen LogP contribution >= 0.6 is 11.6 Å². The summed E-state index contributed by atoms with van der Waals surface area (Å²) in [6.45, 7) is 5.90. The van der Waals surface area contributed by atoms with Gasteiger partial charge in [-0.1, -0.05) is 25.1 Å². The van der Waals surface area contributed by atoms with Gasteiger partial charge < -0.3 is 10.1 Å². The van der Waals surface area contributed by atoms with Gasteiger partial charge in [0.05, 0.1) is 10.6 Å². The molecule has 1 N–H and O–H groups in total. The Morgan fingerprint density at radius 2 is 2.39 bits per heavy atom. The number of aldehydes is 1. The van der Waals surface area contributed by atoms with Gasteiger partial charge >= 0.3 is 0 Å². The second-order valence-corrected chi connectivity index (χ2v) is 4.65. The minimum Gasteiger partial charge on any atom is -0.359 e. The van der Waals surface area contributed by atoms with E-state index in [0.29, 0.717) is 17.0 Å². The van der Waals surface area contributed by atoms with Crippen LogP contribution in [0.3, 0.4) is 0 Å². The quantitative estimate of drug-likeness (QED) is 0.795. The molecule has 1 aromatic rings. The van der Waals surface area contributed by atoms with Crippen molar-refractivity contribution in [3.05, 3.63) is 41.1 Å². The van der Waals surface area contributed by atoms with Crippen LogP contribution in [0.5, 0.6) is 0 Å². The van der Waals surface area contributed by atoms with Gasteiger partial charge in [-0.15, -0.1) is 0 Å². The second-order valence-electron chi connectivity index (χ2n) is 4.25. The predicted octanol–water partition coefficient (Wildman–Crippen LogP) is 3.75. The van der Waals surface area contributed by atoms with Gasteiger partial charge in [0.1, 0.15) is 12.4 Å². The normalized spacial score (nSPS) is 11.4. The molecular weight excluding hydrogens is 248 g/mol. The highest BCUT2D eigenvalue weighted by Gasteiger charge is 2.05. The molecule has 0 radical (unpaired) electrons. The van der Waals surface area contributed by atoms with Gasteiger partial charge in [0.15, 0.2) is 0 Å². The van der Waals surface area contributed by atoms with Gasteiger partial charge in [0.25, 0.3) is 0 Å². The number of carbonyl (C=O) groups excluding carboxylic acids is 1. The summed E-state index contributed by atoms with van der Waals surface area (Å²) >= 11 is 5.93. The Morgan fingerprint density at radius 1 is 1.67 bits per heavy atom. The molecule has 94 valence electrons. The molecule has 0 aliphatic carbocycles. The lowest BCUT2D eigenvalue weighted by Gasteiger charge is -2.13. The molecule has 3 nitrogen and oxygen atoms in total. The zero-order valence-electron chi connectivity index (χ0n) is 10.2. The van der Waals surface area contributed by atoms with Crippen molar-refractivity contribution < 1.29 is 4.79 Å². The molecule has 0 bridgehead atoms. The Hall–Kier alpha value is -1.79. The van der Waals surface area contributed by atoms with Crippen molar-refractivity contribution in [2.45, 2.75) is 19.8 Å². The van der Waals surface area contributed by atoms with Crippen LogP contribution < -0.4 is 5.32 Å². The maximum atomic E-state index is 10.4. The smallest absolute Gasteiger partial charge is 0.120 e. The van der Waals surface area contributed by atoms with Gasteiger partial charge in [-0.3, -0.25) is 0 Å². The zero-order chi connectivity index (χ0) is 13.5. The van der Waals surface area contributed by atoms with Gasteiger partial charge in [-0.05, 0) is 30.5 Å². The fourth-order valence-electron chi connectivity index (χ4n) is 1.61. The van der Waals surface area contributed by atoms with Gasteiger partial charge in [0.2, 0.25) is 0 Å². The van der Waals surface area contributed by atoms with Crippen LogP contribution in [0.2, 0.25) is 5.02 Å². The number of nitrogens with zero attached hydrogens (tertiary/aromatic N) is 1. The molecular formula is C14H15ClN2O. The number of benzene rings is 1. The first kappa shape index (κ1) is 14.3. The van der Waals surface area contributed by atoms with E-state index in [9.17, 15) is 4.79 Å². The van der Waals surface area contributed by atoms with Crippen LogP contribution in [0.4, 0.5) is 5.69 Å². The number of nitrogens with one attached hydrogen (secondary N) is 1. The maximum Gasteiger partial charge on any atom is 0.120 e. The summed E-state index contributed by atoms with van der Waals surface area (Å²) in [5.74, 6) is 0.261. The molecule has 1 rings (SSSR count). The molecule has 0 saturated carbocycles. The summed E-state index contributed by atoms with van der Waals surface area (Å²) in [5.41, 5.74) is 2.06. The highest BCUT2D eigenvalue weighted by Crippen LogP contribution is 2.22. The molecule has 0 aromatic heterocycles. The van der Waals surface area contributed by atoms with Crippen LogP contribution in [0, 0.1) is 17.2 Å². The first-order chi connectivity index (χ1) is 8.56. The Balaban J connectivity index is 2.63. The van der Waals surface area contributed by atoms with Crippen molar-refractivity contribution in [3.8, 4) is 6.07 Å². The molecule has 0 amide bonds. The SMILES string of the molecule is C=C(CC(C)CC=O)Nc1ccc(C#N)c(Cl)c1. The van der Waals surface area contributed by atoms with E-state index >= 15 is 0 Å². The molecule has 0 saturated heterocycles. The average molecular weight is 263 g/mol. The van der Waals surface area contributed by atoms with E-state index in [4.69, 9.17) is 16.9 Å². The Morgan fingerprint density at radius 3 is 2.94 bits per heavy atom. The number of anilines is 1. The fraction of sp³-hybridized carbons (Fsp3) is 0.286. The topological polar surface area (TPSA) is 52.9 Å². The minimum atomic E-state index is 0.261. The molecule has 18 heavy (non-hydrogen) atoms. The van der Waals surface area contributed by atoms with Crippen molar-refractivity contribution in [3.63, 3.8) is 0 Å². The van der Waals surface area contributed by atoms with Crippen molar-refractivity contribution in [1.29, 1.82) is 5.26 Å². The lowest BCUT2D eigenvalue weighted by atomic mass is 10.0. The highest BCUT2D eigenvalue weighted by molar-refractivity contribution is 6.32. The van der Waals surface area contributed by atoms with Crippen molar-refractivity contribution in [2.24, 2.45) is 5.92 Å². The van der Waals surface area contributed by atoms with Crippen molar-refractivity contribution >= 4 is 23.6 Å². The Bertz CT molecular complexity index is 491. The number of allylic oxidation sites excluding steroid dienone is 1. The zero-order valence-corrected chi connectivity index (χ0v) is 11.0. The lowest BCUT2D eigenvalue weighted by molar-refractivity contribution is -0.108. The largest absolute Gasteiger partial charge is 0.359 e. The lowest BCUT2D eigenvalue weighted by Crippen LogP contribution is -2.04. The summed E-state index contributed by atoms with van der Waals surface area (Å²) in [6, 6.07) is 7.13. The van der Waals surface area contributed by atoms with E-state index in [2.05, 4.69) is 11.9 Å². The molecule has 1 atom stereocenters. The third-order valence-corrected chi connectivity index (χ3v) is 2.82. The fourth-order valence-corrected chi connectivity index (χ4v) is 1.83. The average Bonchev–Trinajstić information content (AvgIpc) is 2.29. The van der Waals surface area contributed by atoms with Gasteiger partial charge in [-0.25, -0.2) is 0 Å². The molecule has 1 aromatic carbocycles. The number of nitriles is 1. The van der Waals surface area contributed by atoms with Crippen LogP contribution in [-0.4, -0.2) is 6.29 Å². The number of hydrogen-bond acceptors (Lipinski definition) is 3. The molecule has 1 unspecified atom stereocenters. The van der Waals surface area contributed by atoms with Crippen LogP contribution in [0.25, 0.3) is 0 Å². The monoisotopic (exact) mass is 262 g/mol. The summed E-state index contributed by atoms with van der Waals surface area (Å²) in [7, 11) is 0. The number of hydrogen-bond donors (Lipinski definition) is 1. The maximum absolute atomic E-state index is 10.4. The van der Waals surface area contributed by atoms with Crippen molar-refractivity contribution in [1.82, 2.24) is 0 Å². The van der Waals surface area contributed by atoms with Crippen LogP contribution in [0.1, 0.15) is 25.3 Å². The number of halogens is 1. The van der Waals surface area contributed by atoms with Crippen molar-refractivity contribution in [2.75, 3.05) is 5.32 Å². The van der Waals surface area contributed by atoms with Crippen LogP contribution in [-0.2, 0) is 4.79 Å². The van der Waals surface area contributed by atoms with E-state index in [1.807, 2.05) is 13.0 Å². The molecule has 0 aliphatic rings. The van der Waals surface area contributed by atoms with E-state index < -0.39 is 0 Å². The summed E-state index contributed by atoms with van der Waals surface area (Å²) in [6.07, 6.45) is 2.15. The second kappa shape index (κ2) is 6.83. The van der Waals surface area contributed by atoms with E-state index in [1.165, 1.54) is 0 Å². The van der Waals surface area contributed by atoms with Crippen LogP contribution in [0.15, 0.2) is 30.5 Å². The highest BCUT2D eigenvalue weighted by atomic mass is 35.5. The van der Waals surface area contributed by atoms with E-state index in [-0.39, 0.29) is 5.92 Å². The Labute approximate surface area is 112 Å². The molecule has 0 fully saturated rings. The third kappa shape index (κ3) is 4.23. The first-order valence-electron chi connectivity index (χ1n) is 5.65. The standard InChI is InChI=1S/C14H15ClN2O/c1-10(5-6-18)7-11(2)17-13-4-3-12(9-16)14(15)8-13/h3-4,6,8,10,17H,2,5,7H2,1H3. The third-order valence-electron chi connectivity index (χ3n) is 2.50. The number of rotatable bonds is 6. The molecule has 0 aliphatic heterocycles. The summed E-state index contributed by atoms with van der Waals surface area (Å²) in [5, 5.41) is 12.3. The Kier molecular flexibility index (Phi) is 5.41. The molecule has 0 heterocycles. The molecule has 0 spiro atoms. The minimum absolute atomic E-state index is 0.261. The number of carbonyl (C=O) groups is 1.